The van der Waals surface area contributed by atoms with Crippen LogP contribution in [0.2, 0.25) is 0 Å². The Morgan fingerprint density at radius 1 is 1.47 bits per heavy atom. The van der Waals surface area contributed by atoms with Gasteiger partial charge in [0.2, 0.25) is 0 Å². The maximum atomic E-state index is 10.8. The molecule has 17 heavy (non-hydrogen) atoms. The number of aryl methyl sites for hydroxylation is 1. The zero-order valence-electron chi connectivity index (χ0n) is 10.8. The van der Waals surface area contributed by atoms with Crippen LogP contribution in [0.15, 0.2) is 18.2 Å². The first kappa shape index (κ1) is 13.6. The molecule has 0 radical (unpaired) electrons. The maximum Gasteiger partial charge on any atom is 0.335 e. The summed E-state index contributed by atoms with van der Waals surface area (Å²) in [4.78, 5) is 10.8. The minimum absolute atomic E-state index is 0.342. The lowest BCUT2D eigenvalue weighted by molar-refractivity contribution is 0.0697. The van der Waals surface area contributed by atoms with Crippen LogP contribution in [0.1, 0.15) is 42.6 Å². The summed E-state index contributed by atoms with van der Waals surface area (Å²) in [6.07, 6.45) is 2.40. The Labute approximate surface area is 103 Å². The van der Waals surface area contributed by atoms with E-state index in [4.69, 9.17) is 5.11 Å². The van der Waals surface area contributed by atoms with Crippen LogP contribution in [-0.4, -0.2) is 17.6 Å². The van der Waals surface area contributed by atoms with Gasteiger partial charge in [0.15, 0.2) is 0 Å². The van der Waals surface area contributed by atoms with Gasteiger partial charge in [0.05, 0.1) is 5.56 Å². The maximum absolute atomic E-state index is 10.8. The third kappa shape index (κ3) is 4.10. The monoisotopic (exact) mass is 235 g/mol. The van der Waals surface area contributed by atoms with E-state index in [0.29, 0.717) is 11.5 Å². The predicted molar refractivity (Wildman–Crippen MR) is 70.7 cm³/mol. The van der Waals surface area contributed by atoms with Crippen LogP contribution in [0.4, 0.5) is 5.69 Å². The molecule has 94 valence electrons. The first-order chi connectivity index (χ1) is 8.04. The average molecular weight is 235 g/mol. The second-order valence-electron chi connectivity index (χ2n) is 4.61. The van der Waals surface area contributed by atoms with Crippen LogP contribution in [0, 0.1) is 12.8 Å². The van der Waals surface area contributed by atoms with Crippen molar-refractivity contribution in [2.45, 2.75) is 33.6 Å². The van der Waals surface area contributed by atoms with Crippen molar-refractivity contribution in [3.05, 3.63) is 29.3 Å². The van der Waals surface area contributed by atoms with E-state index in [1.807, 2.05) is 13.0 Å². The van der Waals surface area contributed by atoms with Crippen LogP contribution in [-0.2, 0) is 0 Å². The lowest BCUT2D eigenvalue weighted by Crippen LogP contribution is -2.12. The molecule has 0 aliphatic heterocycles. The Morgan fingerprint density at radius 2 is 2.18 bits per heavy atom. The van der Waals surface area contributed by atoms with E-state index in [1.165, 1.54) is 12.8 Å². The number of hydrogen-bond acceptors (Lipinski definition) is 2. The molecule has 0 aromatic heterocycles. The third-order valence-electron chi connectivity index (χ3n) is 2.90. The number of hydrogen-bond donors (Lipinski definition) is 2. The van der Waals surface area contributed by atoms with E-state index in [-0.39, 0.29) is 0 Å². The molecule has 0 spiro atoms. The lowest BCUT2D eigenvalue weighted by atomic mass is 10.1. The molecule has 0 aliphatic rings. The molecule has 3 heteroatoms. The number of carbonyl (C=O) groups is 1. The molecule has 3 nitrogen and oxygen atoms in total. The highest BCUT2D eigenvalue weighted by Crippen LogP contribution is 2.17. The van der Waals surface area contributed by atoms with Crippen molar-refractivity contribution in [3.63, 3.8) is 0 Å². The second kappa shape index (κ2) is 6.28. The van der Waals surface area contributed by atoms with Gasteiger partial charge in [0, 0.05) is 12.2 Å². The van der Waals surface area contributed by atoms with Gasteiger partial charge in [-0.25, -0.2) is 4.79 Å². The molecule has 0 saturated heterocycles. The number of carboxylic acids is 1. The average Bonchev–Trinajstić information content (AvgIpc) is 2.27. The Bertz CT molecular complexity index is 388. The molecule has 1 rings (SSSR count). The van der Waals surface area contributed by atoms with E-state index < -0.39 is 5.97 Å². The van der Waals surface area contributed by atoms with Gasteiger partial charge in [-0.3, -0.25) is 0 Å². The van der Waals surface area contributed by atoms with Gasteiger partial charge < -0.3 is 10.4 Å². The largest absolute Gasteiger partial charge is 0.478 e. The SMILES string of the molecule is CCCC(C)CNc1ccc(C(=O)O)cc1C. The summed E-state index contributed by atoms with van der Waals surface area (Å²) < 4.78 is 0. The van der Waals surface area contributed by atoms with E-state index >= 15 is 0 Å². The van der Waals surface area contributed by atoms with Crippen LogP contribution < -0.4 is 5.32 Å². The minimum Gasteiger partial charge on any atom is -0.478 e. The normalized spacial score (nSPS) is 12.2. The molecule has 1 aromatic rings. The van der Waals surface area contributed by atoms with Gasteiger partial charge >= 0.3 is 5.97 Å². The third-order valence-corrected chi connectivity index (χ3v) is 2.90. The molecule has 0 amide bonds. The van der Waals surface area contributed by atoms with E-state index in [1.54, 1.807) is 12.1 Å². The molecular weight excluding hydrogens is 214 g/mol. The first-order valence-electron chi connectivity index (χ1n) is 6.12. The van der Waals surface area contributed by atoms with E-state index in [0.717, 1.165) is 17.8 Å². The van der Waals surface area contributed by atoms with Gasteiger partial charge in [-0.05, 0) is 43.0 Å². The van der Waals surface area contributed by atoms with E-state index in [9.17, 15) is 4.79 Å². The molecule has 1 atom stereocenters. The number of aromatic carboxylic acids is 1. The Morgan fingerprint density at radius 3 is 2.71 bits per heavy atom. The number of rotatable bonds is 6. The van der Waals surface area contributed by atoms with Crippen molar-refractivity contribution in [2.24, 2.45) is 5.92 Å². The number of benzene rings is 1. The van der Waals surface area contributed by atoms with Crippen molar-refractivity contribution in [1.82, 2.24) is 0 Å². The summed E-state index contributed by atoms with van der Waals surface area (Å²) >= 11 is 0. The Balaban J connectivity index is 2.63. The number of nitrogens with one attached hydrogen (secondary N) is 1. The molecule has 0 aliphatic carbocycles. The van der Waals surface area contributed by atoms with Crippen LogP contribution in [0.25, 0.3) is 0 Å². The lowest BCUT2D eigenvalue weighted by Gasteiger charge is -2.14. The van der Waals surface area contributed by atoms with Gasteiger partial charge in [-0.15, -0.1) is 0 Å². The van der Waals surface area contributed by atoms with Crippen molar-refractivity contribution >= 4 is 11.7 Å². The van der Waals surface area contributed by atoms with Gasteiger partial charge in [-0.1, -0.05) is 20.3 Å². The summed E-state index contributed by atoms with van der Waals surface area (Å²) in [6.45, 7) is 7.27. The summed E-state index contributed by atoms with van der Waals surface area (Å²) in [5.41, 5.74) is 2.35. The van der Waals surface area contributed by atoms with Gasteiger partial charge in [0.1, 0.15) is 0 Å². The fourth-order valence-electron chi connectivity index (χ4n) is 1.87. The summed E-state index contributed by atoms with van der Waals surface area (Å²) in [6, 6.07) is 5.19. The fourth-order valence-corrected chi connectivity index (χ4v) is 1.87. The highest BCUT2D eigenvalue weighted by atomic mass is 16.4. The zero-order chi connectivity index (χ0) is 12.8. The number of carboxylic acid groups (broad SMARTS) is 1. The Kier molecular flexibility index (Phi) is 5.01. The van der Waals surface area contributed by atoms with Gasteiger partial charge in [0.25, 0.3) is 0 Å². The molecular formula is C14H21NO2. The van der Waals surface area contributed by atoms with Crippen molar-refractivity contribution in [2.75, 3.05) is 11.9 Å². The first-order valence-corrected chi connectivity index (χ1v) is 6.12. The van der Waals surface area contributed by atoms with Crippen LogP contribution in [0.3, 0.4) is 0 Å². The predicted octanol–water partition coefficient (Wildman–Crippen LogP) is 3.54. The van der Waals surface area contributed by atoms with Crippen molar-refractivity contribution in [1.29, 1.82) is 0 Å². The van der Waals surface area contributed by atoms with E-state index in [2.05, 4.69) is 19.2 Å². The zero-order valence-corrected chi connectivity index (χ0v) is 10.8. The van der Waals surface area contributed by atoms with Crippen molar-refractivity contribution < 1.29 is 9.90 Å². The molecule has 1 aromatic carbocycles. The summed E-state index contributed by atoms with van der Waals surface area (Å²) in [5, 5.41) is 12.2. The van der Waals surface area contributed by atoms with Crippen LogP contribution >= 0.6 is 0 Å². The highest BCUT2D eigenvalue weighted by Gasteiger charge is 2.06. The Hall–Kier alpha value is -1.51. The fraction of sp³-hybridized carbons (Fsp3) is 0.500. The quantitative estimate of drug-likeness (QED) is 0.792. The summed E-state index contributed by atoms with van der Waals surface area (Å²) in [7, 11) is 0. The molecule has 0 bridgehead atoms. The van der Waals surface area contributed by atoms with Crippen molar-refractivity contribution in [3.8, 4) is 0 Å². The standard InChI is InChI=1S/C14H21NO2/c1-4-5-10(2)9-15-13-7-6-12(14(16)17)8-11(13)3/h6-8,10,15H,4-5,9H2,1-3H3,(H,16,17). The molecule has 1 unspecified atom stereocenters. The smallest absolute Gasteiger partial charge is 0.335 e. The number of anilines is 1. The van der Waals surface area contributed by atoms with Gasteiger partial charge in [-0.2, -0.15) is 0 Å². The molecule has 0 saturated carbocycles. The highest BCUT2D eigenvalue weighted by molar-refractivity contribution is 5.88. The summed E-state index contributed by atoms with van der Waals surface area (Å²) in [5.74, 6) is -0.238. The topological polar surface area (TPSA) is 49.3 Å². The molecule has 2 N–H and O–H groups in total. The molecule has 0 heterocycles. The van der Waals surface area contributed by atoms with Crippen LogP contribution in [0.5, 0.6) is 0 Å². The minimum atomic E-state index is -0.876. The molecule has 0 fully saturated rings. The second-order valence-corrected chi connectivity index (χ2v) is 4.61.